The highest BCUT2D eigenvalue weighted by Gasteiger charge is 2.36. The maximum absolute atomic E-state index is 11.2. The zero-order valence-electron chi connectivity index (χ0n) is 12.3. The van der Waals surface area contributed by atoms with Gasteiger partial charge < -0.3 is 10.0 Å². The van der Waals surface area contributed by atoms with Crippen LogP contribution in [0.15, 0.2) is 0 Å². The van der Waals surface area contributed by atoms with E-state index in [9.17, 15) is 9.90 Å². The van der Waals surface area contributed by atoms with Crippen LogP contribution in [0.5, 0.6) is 0 Å². The predicted molar refractivity (Wildman–Crippen MR) is 76.3 cm³/mol. The number of aliphatic carboxylic acids is 1. The fourth-order valence-corrected chi connectivity index (χ4v) is 3.41. The highest BCUT2D eigenvalue weighted by molar-refractivity contribution is 5.73. The van der Waals surface area contributed by atoms with Crippen LogP contribution in [0.4, 0.5) is 0 Å². The van der Waals surface area contributed by atoms with Crippen molar-refractivity contribution in [2.24, 2.45) is 5.92 Å². The zero-order chi connectivity index (χ0) is 13.8. The van der Waals surface area contributed by atoms with E-state index in [-0.39, 0.29) is 6.04 Å². The average Bonchev–Trinajstić information content (AvgIpc) is 2.86. The summed E-state index contributed by atoms with van der Waals surface area (Å²) in [5, 5.41) is 9.26. The smallest absolute Gasteiger partial charge is 0.320 e. The van der Waals surface area contributed by atoms with Gasteiger partial charge in [0.25, 0.3) is 0 Å². The second-order valence-electron chi connectivity index (χ2n) is 6.49. The Balaban J connectivity index is 1.78. The van der Waals surface area contributed by atoms with E-state index in [0.717, 1.165) is 51.2 Å². The Morgan fingerprint density at radius 3 is 2.47 bits per heavy atom. The molecule has 0 bridgehead atoms. The number of carbonyl (C=O) groups is 1. The Hall–Kier alpha value is -0.610. The first-order valence-corrected chi connectivity index (χ1v) is 7.79. The molecule has 0 saturated carbocycles. The third-order valence-corrected chi connectivity index (χ3v) is 4.63. The molecule has 2 aliphatic rings. The molecule has 0 aromatic heterocycles. The topological polar surface area (TPSA) is 43.8 Å². The highest BCUT2D eigenvalue weighted by atomic mass is 16.4. The van der Waals surface area contributed by atoms with Crippen molar-refractivity contribution in [2.45, 2.75) is 58.0 Å². The van der Waals surface area contributed by atoms with Gasteiger partial charge in [0.15, 0.2) is 0 Å². The van der Waals surface area contributed by atoms with Crippen molar-refractivity contribution in [3.05, 3.63) is 0 Å². The first-order valence-electron chi connectivity index (χ1n) is 7.79. The molecule has 110 valence electrons. The van der Waals surface area contributed by atoms with Crippen molar-refractivity contribution in [3.63, 3.8) is 0 Å². The fraction of sp³-hybridized carbons (Fsp3) is 0.933. The van der Waals surface area contributed by atoms with Crippen molar-refractivity contribution in [3.8, 4) is 0 Å². The van der Waals surface area contributed by atoms with Crippen molar-refractivity contribution in [1.29, 1.82) is 0 Å². The standard InChI is InChI=1S/C15H28N2O2/c1-12(2)5-9-16-10-6-13(7-11-16)17-8-3-4-14(17)15(18)19/h12-14H,3-11H2,1-2H3,(H,18,19). The molecule has 1 N–H and O–H groups in total. The number of piperidine rings is 1. The summed E-state index contributed by atoms with van der Waals surface area (Å²) >= 11 is 0. The predicted octanol–water partition coefficient (Wildman–Crippen LogP) is 2.05. The summed E-state index contributed by atoms with van der Waals surface area (Å²) in [4.78, 5) is 16.0. The Bertz CT molecular complexity index is 299. The lowest BCUT2D eigenvalue weighted by atomic mass is 10.0. The van der Waals surface area contributed by atoms with Crippen LogP contribution in [-0.2, 0) is 4.79 Å². The summed E-state index contributed by atoms with van der Waals surface area (Å²) in [5.74, 6) is 0.146. The maximum atomic E-state index is 11.2. The van der Waals surface area contributed by atoms with E-state index in [4.69, 9.17) is 0 Å². The van der Waals surface area contributed by atoms with Gasteiger partial charge in [-0.1, -0.05) is 13.8 Å². The minimum absolute atomic E-state index is 0.216. The Morgan fingerprint density at radius 2 is 1.89 bits per heavy atom. The average molecular weight is 268 g/mol. The van der Waals surface area contributed by atoms with Gasteiger partial charge in [-0.2, -0.15) is 0 Å². The van der Waals surface area contributed by atoms with Gasteiger partial charge in [0.2, 0.25) is 0 Å². The number of rotatable bonds is 5. The van der Waals surface area contributed by atoms with Crippen molar-refractivity contribution in [1.82, 2.24) is 9.80 Å². The SMILES string of the molecule is CC(C)CCN1CCC(N2CCCC2C(=O)O)CC1. The Labute approximate surface area is 116 Å². The van der Waals surface area contributed by atoms with Gasteiger partial charge in [-0.25, -0.2) is 0 Å². The lowest BCUT2D eigenvalue weighted by Crippen LogP contribution is -2.49. The van der Waals surface area contributed by atoms with Crippen LogP contribution >= 0.6 is 0 Å². The Morgan fingerprint density at radius 1 is 1.21 bits per heavy atom. The molecule has 2 heterocycles. The number of carboxylic acids is 1. The number of carboxylic acid groups (broad SMARTS) is 1. The summed E-state index contributed by atoms with van der Waals surface area (Å²) in [6, 6.07) is 0.283. The maximum Gasteiger partial charge on any atom is 0.320 e. The van der Waals surface area contributed by atoms with E-state index < -0.39 is 5.97 Å². The largest absolute Gasteiger partial charge is 0.480 e. The van der Waals surface area contributed by atoms with E-state index in [1.807, 2.05) is 0 Å². The van der Waals surface area contributed by atoms with Gasteiger partial charge in [0.1, 0.15) is 6.04 Å². The lowest BCUT2D eigenvalue weighted by molar-refractivity contribution is -0.143. The van der Waals surface area contributed by atoms with Crippen LogP contribution in [0.3, 0.4) is 0 Å². The zero-order valence-corrected chi connectivity index (χ0v) is 12.3. The summed E-state index contributed by atoms with van der Waals surface area (Å²) in [6.45, 7) is 9.00. The molecular formula is C15H28N2O2. The van der Waals surface area contributed by atoms with E-state index in [1.165, 1.54) is 13.0 Å². The molecule has 1 unspecified atom stereocenters. The van der Waals surface area contributed by atoms with Gasteiger partial charge in [0.05, 0.1) is 0 Å². The molecule has 2 fully saturated rings. The molecule has 2 saturated heterocycles. The molecule has 1 atom stereocenters. The van der Waals surface area contributed by atoms with E-state index >= 15 is 0 Å². The molecule has 0 aliphatic carbocycles. The molecule has 2 aliphatic heterocycles. The Kier molecular flexibility index (Phi) is 5.22. The van der Waals surface area contributed by atoms with Crippen LogP contribution < -0.4 is 0 Å². The fourth-order valence-electron chi connectivity index (χ4n) is 3.41. The van der Waals surface area contributed by atoms with E-state index in [1.54, 1.807) is 0 Å². The second kappa shape index (κ2) is 6.71. The number of hydrogen-bond acceptors (Lipinski definition) is 3. The summed E-state index contributed by atoms with van der Waals surface area (Å²) < 4.78 is 0. The van der Waals surface area contributed by atoms with Gasteiger partial charge in [-0.3, -0.25) is 9.69 Å². The quantitative estimate of drug-likeness (QED) is 0.829. The normalized spacial score (nSPS) is 27.2. The van der Waals surface area contributed by atoms with Crippen molar-refractivity contribution < 1.29 is 9.90 Å². The van der Waals surface area contributed by atoms with Crippen molar-refractivity contribution >= 4 is 5.97 Å². The summed E-state index contributed by atoms with van der Waals surface area (Å²) in [6.07, 6.45) is 5.43. The van der Waals surface area contributed by atoms with Crippen molar-refractivity contribution in [2.75, 3.05) is 26.2 Å². The molecular weight excluding hydrogens is 240 g/mol. The van der Waals surface area contributed by atoms with Crippen LogP contribution in [0.2, 0.25) is 0 Å². The number of hydrogen-bond donors (Lipinski definition) is 1. The lowest BCUT2D eigenvalue weighted by Gasteiger charge is -2.38. The number of likely N-dealkylation sites (tertiary alicyclic amines) is 2. The molecule has 0 aromatic rings. The molecule has 4 nitrogen and oxygen atoms in total. The monoisotopic (exact) mass is 268 g/mol. The van der Waals surface area contributed by atoms with E-state index in [0.29, 0.717) is 6.04 Å². The third kappa shape index (κ3) is 3.93. The van der Waals surface area contributed by atoms with Gasteiger partial charge in [-0.15, -0.1) is 0 Å². The molecule has 0 radical (unpaired) electrons. The second-order valence-corrected chi connectivity index (χ2v) is 6.49. The highest BCUT2D eigenvalue weighted by Crippen LogP contribution is 2.26. The molecule has 0 spiro atoms. The first-order chi connectivity index (χ1) is 9.08. The first kappa shape index (κ1) is 14.8. The van der Waals surface area contributed by atoms with Gasteiger partial charge >= 0.3 is 5.97 Å². The third-order valence-electron chi connectivity index (χ3n) is 4.63. The minimum atomic E-state index is -0.625. The van der Waals surface area contributed by atoms with Crippen LogP contribution in [-0.4, -0.2) is 59.1 Å². The van der Waals surface area contributed by atoms with Crippen LogP contribution in [0.1, 0.15) is 46.0 Å². The van der Waals surface area contributed by atoms with Gasteiger partial charge in [-0.05, 0) is 64.2 Å². The molecule has 4 heteroatoms. The summed E-state index contributed by atoms with van der Waals surface area (Å²) in [7, 11) is 0. The molecule has 2 rings (SSSR count). The molecule has 0 amide bonds. The van der Waals surface area contributed by atoms with Gasteiger partial charge in [0, 0.05) is 6.04 Å². The van der Waals surface area contributed by atoms with E-state index in [2.05, 4.69) is 23.6 Å². The molecule has 0 aromatic carbocycles. The van der Waals surface area contributed by atoms with Crippen LogP contribution in [0.25, 0.3) is 0 Å². The number of nitrogens with zero attached hydrogens (tertiary/aromatic N) is 2. The minimum Gasteiger partial charge on any atom is -0.480 e. The van der Waals surface area contributed by atoms with Crippen LogP contribution in [0, 0.1) is 5.92 Å². The molecule has 19 heavy (non-hydrogen) atoms. The summed E-state index contributed by atoms with van der Waals surface area (Å²) in [5.41, 5.74) is 0.